The van der Waals surface area contributed by atoms with Crippen LogP contribution in [0.15, 0.2) is 0 Å². The fourth-order valence-electron chi connectivity index (χ4n) is 3.20. The molecule has 6 nitrogen and oxygen atoms in total. The number of hydrogen-bond donors (Lipinski definition) is 2. The van der Waals surface area contributed by atoms with E-state index < -0.39 is 5.97 Å². The first-order valence-electron chi connectivity index (χ1n) is 7.40. The van der Waals surface area contributed by atoms with Crippen molar-refractivity contribution in [1.29, 1.82) is 0 Å². The molecule has 0 aromatic rings. The van der Waals surface area contributed by atoms with Gasteiger partial charge in [0.15, 0.2) is 0 Å². The Morgan fingerprint density at radius 2 is 2.30 bits per heavy atom. The van der Waals surface area contributed by atoms with E-state index in [2.05, 4.69) is 5.32 Å². The van der Waals surface area contributed by atoms with Gasteiger partial charge in [-0.2, -0.15) is 0 Å². The van der Waals surface area contributed by atoms with Crippen LogP contribution in [0.3, 0.4) is 0 Å². The monoisotopic (exact) mass is 284 g/mol. The molecule has 2 aliphatic heterocycles. The van der Waals surface area contributed by atoms with Gasteiger partial charge in [-0.05, 0) is 25.8 Å². The maximum Gasteiger partial charge on any atom is 0.305 e. The normalized spacial score (nSPS) is 31.1. The molecule has 2 atom stereocenters. The number of carboxylic acids is 1. The van der Waals surface area contributed by atoms with Crippen LogP contribution in [0.4, 0.5) is 0 Å². The minimum Gasteiger partial charge on any atom is -0.481 e. The van der Waals surface area contributed by atoms with E-state index in [9.17, 15) is 9.59 Å². The average molecular weight is 284 g/mol. The van der Waals surface area contributed by atoms with Crippen molar-refractivity contribution >= 4 is 11.9 Å². The van der Waals surface area contributed by atoms with Crippen molar-refractivity contribution in [2.24, 2.45) is 5.41 Å². The van der Waals surface area contributed by atoms with Crippen LogP contribution < -0.4 is 5.32 Å². The van der Waals surface area contributed by atoms with E-state index >= 15 is 0 Å². The highest BCUT2D eigenvalue weighted by atomic mass is 16.5. The second-order valence-electron chi connectivity index (χ2n) is 5.74. The second kappa shape index (κ2) is 6.54. The molecule has 0 saturated carbocycles. The molecule has 2 saturated heterocycles. The van der Waals surface area contributed by atoms with Crippen molar-refractivity contribution < 1.29 is 19.4 Å². The van der Waals surface area contributed by atoms with Gasteiger partial charge in [0.2, 0.25) is 5.91 Å². The average Bonchev–Trinajstić information content (AvgIpc) is 2.47. The Morgan fingerprint density at radius 1 is 1.50 bits per heavy atom. The van der Waals surface area contributed by atoms with Gasteiger partial charge in [0.1, 0.15) is 0 Å². The molecule has 0 aliphatic carbocycles. The van der Waals surface area contributed by atoms with Gasteiger partial charge in [-0.1, -0.05) is 6.92 Å². The lowest BCUT2D eigenvalue weighted by atomic mass is 9.76. The summed E-state index contributed by atoms with van der Waals surface area (Å²) < 4.78 is 5.34. The molecule has 2 rings (SSSR count). The van der Waals surface area contributed by atoms with E-state index in [1.54, 1.807) is 4.90 Å². The van der Waals surface area contributed by atoms with Gasteiger partial charge < -0.3 is 20.1 Å². The molecule has 0 aromatic heterocycles. The van der Waals surface area contributed by atoms with Crippen LogP contribution in [0, 0.1) is 5.41 Å². The minimum absolute atomic E-state index is 0.0427. The number of carboxylic acid groups (broad SMARTS) is 1. The Hall–Kier alpha value is -1.14. The van der Waals surface area contributed by atoms with Crippen LogP contribution in [0.25, 0.3) is 0 Å². The number of aliphatic carboxylic acids is 1. The zero-order valence-electron chi connectivity index (χ0n) is 12.1. The van der Waals surface area contributed by atoms with E-state index in [1.807, 2.05) is 6.92 Å². The van der Waals surface area contributed by atoms with E-state index in [1.165, 1.54) is 0 Å². The first-order chi connectivity index (χ1) is 9.59. The third kappa shape index (κ3) is 3.12. The van der Waals surface area contributed by atoms with Crippen molar-refractivity contribution in [2.45, 2.75) is 38.6 Å². The van der Waals surface area contributed by atoms with Gasteiger partial charge in [-0.3, -0.25) is 9.59 Å². The number of carbonyl (C=O) groups excluding carboxylic acids is 1. The number of piperidine rings is 1. The summed E-state index contributed by atoms with van der Waals surface area (Å²) in [5.74, 6) is -0.785. The molecule has 1 amide bonds. The molecule has 2 aliphatic rings. The highest BCUT2D eigenvalue weighted by Crippen LogP contribution is 2.33. The highest BCUT2D eigenvalue weighted by Gasteiger charge is 2.43. The van der Waals surface area contributed by atoms with Crippen LogP contribution in [0.2, 0.25) is 0 Å². The summed E-state index contributed by atoms with van der Waals surface area (Å²) in [5.41, 5.74) is -0.369. The maximum absolute atomic E-state index is 12.9. The quantitative estimate of drug-likeness (QED) is 0.784. The summed E-state index contributed by atoms with van der Waals surface area (Å²) in [6, 6.07) is -0.334. The molecule has 20 heavy (non-hydrogen) atoms. The molecule has 2 heterocycles. The second-order valence-corrected chi connectivity index (χ2v) is 5.74. The Balaban J connectivity index is 2.13. The van der Waals surface area contributed by atoms with Gasteiger partial charge in [-0.25, -0.2) is 0 Å². The fourth-order valence-corrected chi connectivity index (χ4v) is 3.20. The molecule has 6 heteroatoms. The number of amides is 1. The number of nitrogens with one attached hydrogen (secondary N) is 1. The molecule has 0 bridgehead atoms. The molecule has 0 spiro atoms. The summed E-state index contributed by atoms with van der Waals surface area (Å²) in [4.78, 5) is 25.6. The summed E-state index contributed by atoms with van der Waals surface area (Å²) in [5, 5.41) is 12.3. The predicted octanol–water partition coefficient (Wildman–Crippen LogP) is 0.468. The summed E-state index contributed by atoms with van der Waals surface area (Å²) in [6.45, 7) is 5.01. The van der Waals surface area contributed by atoms with Crippen molar-refractivity contribution in [3.05, 3.63) is 0 Å². The summed E-state index contributed by atoms with van der Waals surface area (Å²) in [6.07, 6.45) is 2.62. The topological polar surface area (TPSA) is 78.9 Å². The number of carbonyl (C=O) groups is 2. The Bertz CT molecular complexity index is 366. The van der Waals surface area contributed by atoms with Crippen LogP contribution in [-0.4, -0.2) is 60.8 Å². The van der Waals surface area contributed by atoms with Crippen molar-refractivity contribution in [1.82, 2.24) is 10.2 Å². The lowest BCUT2D eigenvalue weighted by molar-refractivity contribution is -0.155. The van der Waals surface area contributed by atoms with E-state index in [0.29, 0.717) is 26.3 Å². The number of ether oxygens (including phenoxy) is 1. The first kappa shape index (κ1) is 15.3. The molecular formula is C14H24N2O4. The van der Waals surface area contributed by atoms with E-state index in [0.717, 1.165) is 25.8 Å². The van der Waals surface area contributed by atoms with Gasteiger partial charge in [0.25, 0.3) is 0 Å². The van der Waals surface area contributed by atoms with Crippen molar-refractivity contribution in [2.75, 3.05) is 32.8 Å². The standard InChI is InChI=1S/C14H24N2O4/c1-2-14(4-3-5-15-10-14)13(19)16-6-7-20-9-11(16)8-12(17)18/h11,15H,2-10H2,1H3,(H,17,18). The summed E-state index contributed by atoms with van der Waals surface area (Å²) in [7, 11) is 0. The SMILES string of the molecule is CCC1(C(=O)N2CCOCC2CC(=O)O)CCCNC1. The Morgan fingerprint density at radius 3 is 2.90 bits per heavy atom. The lowest BCUT2D eigenvalue weighted by Gasteiger charge is -2.43. The molecular weight excluding hydrogens is 260 g/mol. The Kier molecular flexibility index (Phi) is 4.99. The van der Waals surface area contributed by atoms with E-state index in [4.69, 9.17) is 9.84 Å². The molecule has 0 radical (unpaired) electrons. The van der Waals surface area contributed by atoms with Crippen LogP contribution >= 0.6 is 0 Å². The van der Waals surface area contributed by atoms with Gasteiger partial charge in [-0.15, -0.1) is 0 Å². The molecule has 2 fully saturated rings. The zero-order chi connectivity index (χ0) is 14.6. The third-order valence-corrected chi connectivity index (χ3v) is 4.50. The lowest BCUT2D eigenvalue weighted by Crippen LogP contribution is -2.58. The van der Waals surface area contributed by atoms with Crippen LogP contribution in [0.5, 0.6) is 0 Å². The predicted molar refractivity (Wildman–Crippen MR) is 73.4 cm³/mol. The Labute approximate surface area is 119 Å². The number of hydrogen-bond acceptors (Lipinski definition) is 4. The van der Waals surface area contributed by atoms with Crippen LogP contribution in [-0.2, 0) is 14.3 Å². The first-order valence-corrected chi connectivity index (χ1v) is 7.40. The largest absolute Gasteiger partial charge is 0.481 e. The highest BCUT2D eigenvalue weighted by molar-refractivity contribution is 5.84. The molecule has 2 unspecified atom stereocenters. The molecule has 2 N–H and O–H groups in total. The maximum atomic E-state index is 12.9. The van der Waals surface area contributed by atoms with Crippen molar-refractivity contribution in [3.8, 4) is 0 Å². The summed E-state index contributed by atoms with van der Waals surface area (Å²) >= 11 is 0. The van der Waals surface area contributed by atoms with Crippen molar-refractivity contribution in [3.63, 3.8) is 0 Å². The molecule has 0 aromatic carbocycles. The molecule has 114 valence electrons. The van der Waals surface area contributed by atoms with Crippen LogP contribution in [0.1, 0.15) is 32.6 Å². The smallest absolute Gasteiger partial charge is 0.305 e. The number of nitrogens with zero attached hydrogens (tertiary/aromatic N) is 1. The van der Waals surface area contributed by atoms with E-state index in [-0.39, 0.29) is 23.8 Å². The van der Waals surface area contributed by atoms with Gasteiger partial charge in [0.05, 0.1) is 31.1 Å². The minimum atomic E-state index is -0.884. The number of rotatable bonds is 4. The number of morpholine rings is 1. The van der Waals surface area contributed by atoms with Gasteiger partial charge >= 0.3 is 5.97 Å². The zero-order valence-corrected chi connectivity index (χ0v) is 12.1. The third-order valence-electron chi connectivity index (χ3n) is 4.50. The fraction of sp³-hybridized carbons (Fsp3) is 0.857. The van der Waals surface area contributed by atoms with Gasteiger partial charge in [0, 0.05) is 13.1 Å².